The zero-order chi connectivity index (χ0) is 19.4. The number of carbonyl (C=O) groups is 1. The number of benzene rings is 2. The number of carbonyl (C=O) groups excluding carboxylic acids is 1. The molecule has 0 fully saturated rings. The maximum atomic E-state index is 12.4. The van der Waals surface area contributed by atoms with Crippen LogP contribution >= 0.6 is 46.3 Å². The van der Waals surface area contributed by atoms with Gasteiger partial charge < -0.3 is 10.1 Å². The lowest BCUT2D eigenvalue weighted by Crippen LogP contribution is -2.30. The molecule has 27 heavy (non-hydrogen) atoms. The van der Waals surface area contributed by atoms with Crippen molar-refractivity contribution >= 4 is 68.1 Å². The van der Waals surface area contributed by atoms with Crippen LogP contribution in [-0.4, -0.2) is 22.7 Å². The second-order valence-corrected chi connectivity index (χ2v) is 8.73. The molecule has 1 aromatic heterocycles. The van der Waals surface area contributed by atoms with Crippen molar-refractivity contribution in [3.05, 3.63) is 59.1 Å². The molecule has 1 heterocycles. The van der Waals surface area contributed by atoms with Gasteiger partial charge in [0, 0.05) is 16.5 Å². The standard InChI is InChI=1S/C19H16Cl2N2O2S2/c1-3-8-26-19-23-15-6-5-13(10-17(15)27-19)22-18(24)11(2)25-16-7-4-12(20)9-14(16)21/h3-7,9-11H,1,8H2,2H3,(H,22,24)/t11-/m1/s1. The molecule has 0 saturated heterocycles. The normalized spacial score (nSPS) is 12.0. The van der Waals surface area contributed by atoms with E-state index < -0.39 is 6.10 Å². The fourth-order valence-electron chi connectivity index (χ4n) is 2.23. The van der Waals surface area contributed by atoms with Crippen LogP contribution < -0.4 is 10.1 Å². The van der Waals surface area contributed by atoms with Crippen LogP contribution in [0.3, 0.4) is 0 Å². The first kappa shape index (κ1) is 20.0. The van der Waals surface area contributed by atoms with E-state index in [2.05, 4.69) is 16.9 Å². The summed E-state index contributed by atoms with van der Waals surface area (Å²) in [6.07, 6.45) is 1.12. The number of rotatable bonds is 7. The molecule has 1 amide bonds. The van der Waals surface area contributed by atoms with E-state index in [1.807, 2.05) is 24.3 Å². The highest BCUT2D eigenvalue weighted by molar-refractivity contribution is 8.01. The molecule has 0 aliphatic heterocycles. The first-order valence-corrected chi connectivity index (χ1v) is 10.6. The van der Waals surface area contributed by atoms with Crippen molar-refractivity contribution < 1.29 is 9.53 Å². The molecule has 0 radical (unpaired) electrons. The van der Waals surface area contributed by atoms with Crippen molar-refractivity contribution in [1.82, 2.24) is 4.98 Å². The number of thioether (sulfide) groups is 1. The van der Waals surface area contributed by atoms with Crippen LogP contribution in [0.15, 0.2) is 53.4 Å². The minimum absolute atomic E-state index is 0.272. The van der Waals surface area contributed by atoms with Crippen LogP contribution in [0.5, 0.6) is 5.75 Å². The Labute approximate surface area is 175 Å². The molecule has 4 nitrogen and oxygen atoms in total. The summed E-state index contributed by atoms with van der Waals surface area (Å²) >= 11 is 15.2. The molecule has 2 aromatic carbocycles. The number of ether oxygens (including phenoxy) is 1. The highest BCUT2D eigenvalue weighted by atomic mass is 35.5. The van der Waals surface area contributed by atoms with Crippen LogP contribution in [0.1, 0.15) is 6.92 Å². The van der Waals surface area contributed by atoms with Gasteiger partial charge in [0.15, 0.2) is 10.4 Å². The maximum Gasteiger partial charge on any atom is 0.265 e. The average molecular weight is 439 g/mol. The highest BCUT2D eigenvalue weighted by Gasteiger charge is 2.17. The zero-order valence-corrected chi connectivity index (χ0v) is 17.5. The topological polar surface area (TPSA) is 51.2 Å². The third-order valence-electron chi connectivity index (χ3n) is 3.53. The second kappa shape index (κ2) is 8.97. The van der Waals surface area contributed by atoms with E-state index in [1.54, 1.807) is 48.2 Å². The lowest BCUT2D eigenvalue weighted by molar-refractivity contribution is -0.122. The highest BCUT2D eigenvalue weighted by Crippen LogP contribution is 2.32. The molecule has 0 bridgehead atoms. The lowest BCUT2D eigenvalue weighted by Gasteiger charge is -2.15. The van der Waals surface area contributed by atoms with Gasteiger partial charge in [-0.3, -0.25) is 4.79 Å². The lowest BCUT2D eigenvalue weighted by atomic mass is 10.2. The van der Waals surface area contributed by atoms with E-state index in [0.29, 0.717) is 21.5 Å². The smallest absolute Gasteiger partial charge is 0.265 e. The zero-order valence-electron chi connectivity index (χ0n) is 14.4. The fraction of sp³-hybridized carbons (Fsp3) is 0.158. The average Bonchev–Trinajstić information content (AvgIpc) is 3.04. The Morgan fingerprint density at radius 2 is 2.19 bits per heavy atom. The molecular formula is C19H16Cl2N2O2S2. The van der Waals surface area contributed by atoms with E-state index in [9.17, 15) is 4.79 Å². The van der Waals surface area contributed by atoms with Gasteiger partial charge in [0.25, 0.3) is 5.91 Å². The van der Waals surface area contributed by atoms with E-state index >= 15 is 0 Å². The van der Waals surface area contributed by atoms with Gasteiger partial charge in [-0.15, -0.1) is 17.9 Å². The molecular weight excluding hydrogens is 423 g/mol. The Kier molecular flexibility index (Phi) is 6.65. The summed E-state index contributed by atoms with van der Waals surface area (Å²) in [6.45, 7) is 5.38. The van der Waals surface area contributed by atoms with E-state index in [1.165, 1.54) is 0 Å². The number of hydrogen-bond donors (Lipinski definition) is 1. The summed E-state index contributed by atoms with van der Waals surface area (Å²) in [5.74, 6) is 0.947. The first-order valence-electron chi connectivity index (χ1n) is 8.03. The van der Waals surface area contributed by atoms with Gasteiger partial charge in [-0.25, -0.2) is 4.98 Å². The van der Waals surface area contributed by atoms with Crippen molar-refractivity contribution in [2.24, 2.45) is 0 Å². The number of aromatic nitrogens is 1. The van der Waals surface area contributed by atoms with Crippen molar-refractivity contribution in [2.75, 3.05) is 11.1 Å². The molecule has 3 rings (SSSR count). The monoisotopic (exact) mass is 438 g/mol. The minimum Gasteiger partial charge on any atom is -0.479 e. The minimum atomic E-state index is -0.723. The predicted molar refractivity (Wildman–Crippen MR) is 116 cm³/mol. The number of anilines is 1. The number of hydrogen-bond acceptors (Lipinski definition) is 5. The Bertz CT molecular complexity index is 991. The van der Waals surface area contributed by atoms with Crippen LogP contribution in [0.25, 0.3) is 10.2 Å². The molecule has 3 aromatic rings. The summed E-state index contributed by atoms with van der Waals surface area (Å²) in [5.41, 5.74) is 1.59. The van der Waals surface area contributed by atoms with Gasteiger partial charge in [0.1, 0.15) is 5.75 Å². The van der Waals surface area contributed by atoms with Gasteiger partial charge >= 0.3 is 0 Å². The summed E-state index contributed by atoms with van der Waals surface area (Å²) in [5, 5.41) is 3.73. The van der Waals surface area contributed by atoms with Crippen LogP contribution in [0.4, 0.5) is 5.69 Å². The third kappa shape index (κ3) is 5.17. The number of nitrogens with zero attached hydrogens (tertiary/aromatic N) is 1. The van der Waals surface area contributed by atoms with Crippen LogP contribution in [0.2, 0.25) is 10.0 Å². The summed E-state index contributed by atoms with van der Waals surface area (Å²) < 4.78 is 7.63. The Balaban J connectivity index is 1.68. The van der Waals surface area contributed by atoms with Crippen molar-refractivity contribution in [2.45, 2.75) is 17.4 Å². The van der Waals surface area contributed by atoms with E-state index in [-0.39, 0.29) is 5.91 Å². The second-order valence-electron chi connectivity index (χ2n) is 5.59. The molecule has 8 heteroatoms. The molecule has 0 unspecified atom stereocenters. The molecule has 1 atom stereocenters. The molecule has 0 saturated carbocycles. The Morgan fingerprint density at radius 3 is 2.93 bits per heavy atom. The van der Waals surface area contributed by atoms with Crippen LogP contribution in [-0.2, 0) is 4.79 Å². The molecule has 1 N–H and O–H groups in total. The number of thiazole rings is 1. The Hall–Kier alpha value is -1.73. The van der Waals surface area contributed by atoms with E-state index in [4.69, 9.17) is 27.9 Å². The summed E-state index contributed by atoms with van der Waals surface area (Å²) in [4.78, 5) is 17.0. The van der Waals surface area contributed by atoms with Gasteiger partial charge in [-0.2, -0.15) is 0 Å². The van der Waals surface area contributed by atoms with Crippen molar-refractivity contribution in [3.63, 3.8) is 0 Å². The van der Waals surface area contributed by atoms with Gasteiger partial charge in [-0.05, 0) is 43.3 Å². The number of fused-ring (bicyclic) bond motifs is 1. The first-order chi connectivity index (χ1) is 13.0. The van der Waals surface area contributed by atoms with Crippen molar-refractivity contribution in [3.8, 4) is 5.75 Å². The largest absolute Gasteiger partial charge is 0.479 e. The predicted octanol–water partition coefficient (Wildman–Crippen LogP) is 6.29. The molecule has 0 spiro atoms. The van der Waals surface area contributed by atoms with Gasteiger partial charge in [-0.1, -0.05) is 41.0 Å². The molecule has 0 aliphatic carbocycles. The van der Waals surface area contributed by atoms with Gasteiger partial charge in [0.05, 0.1) is 15.2 Å². The fourth-order valence-corrected chi connectivity index (χ4v) is 4.55. The quantitative estimate of drug-likeness (QED) is 0.347. The summed E-state index contributed by atoms with van der Waals surface area (Å²) in [7, 11) is 0. The molecule has 0 aliphatic rings. The van der Waals surface area contributed by atoms with Crippen LogP contribution in [0, 0.1) is 0 Å². The summed E-state index contributed by atoms with van der Waals surface area (Å²) in [6, 6.07) is 10.5. The van der Waals surface area contributed by atoms with Gasteiger partial charge in [0.2, 0.25) is 0 Å². The maximum absolute atomic E-state index is 12.4. The molecule has 140 valence electrons. The third-order valence-corrected chi connectivity index (χ3v) is 6.22. The Morgan fingerprint density at radius 1 is 1.37 bits per heavy atom. The SMILES string of the molecule is C=CCSc1nc2ccc(NC(=O)[C@@H](C)Oc3ccc(Cl)cc3Cl)cc2s1. The number of halogens is 2. The van der Waals surface area contributed by atoms with E-state index in [0.717, 1.165) is 20.3 Å². The van der Waals surface area contributed by atoms with Crippen molar-refractivity contribution in [1.29, 1.82) is 0 Å². The number of amides is 1. The number of nitrogens with one attached hydrogen (secondary N) is 1.